The number of pyridine rings is 1. The largest absolute Gasteiger partial charge is 0.334 e. The Bertz CT molecular complexity index is 1180. The Morgan fingerprint density at radius 3 is 2.74 bits per heavy atom. The Morgan fingerprint density at radius 2 is 1.89 bits per heavy atom. The van der Waals surface area contributed by atoms with Gasteiger partial charge in [0.1, 0.15) is 0 Å². The van der Waals surface area contributed by atoms with Crippen LogP contribution in [-0.2, 0) is 0 Å². The Balaban J connectivity index is 1.67. The van der Waals surface area contributed by atoms with Crippen molar-refractivity contribution in [3.8, 4) is 11.4 Å². The third-order valence-corrected chi connectivity index (χ3v) is 4.03. The van der Waals surface area contributed by atoms with Gasteiger partial charge in [-0.15, -0.1) is 0 Å². The van der Waals surface area contributed by atoms with Crippen LogP contribution in [0.5, 0.6) is 0 Å². The van der Waals surface area contributed by atoms with Crippen LogP contribution in [0.15, 0.2) is 59.1 Å². The van der Waals surface area contributed by atoms with E-state index in [9.17, 15) is 10.1 Å². The second-order valence-electron chi connectivity index (χ2n) is 5.97. The number of nitro groups is 1. The zero-order valence-electron chi connectivity index (χ0n) is 14.4. The molecular formula is C20H14N4O3. The van der Waals surface area contributed by atoms with Crippen LogP contribution in [-0.4, -0.2) is 20.0 Å². The molecule has 7 heteroatoms. The summed E-state index contributed by atoms with van der Waals surface area (Å²) < 4.78 is 5.31. The minimum atomic E-state index is -0.432. The highest BCUT2D eigenvalue weighted by Gasteiger charge is 2.12. The summed E-state index contributed by atoms with van der Waals surface area (Å²) in [6, 6.07) is 16.0. The van der Waals surface area contributed by atoms with E-state index in [0.29, 0.717) is 17.3 Å². The van der Waals surface area contributed by atoms with Crippen molar-refractivity contribution in [3.63, 3.8) is 0 Å². The Kier molecular flexibility index (Phi) is 4.18. The summed E-state index contributed by atoms with van der Waals surface area (Å²) in [4.78, 5) is 19.4. The van der Waals surface area contributed by atoms with Gasteiger partial charge in [-0.3, -0.25) is 15.1 Å². The van der Waals surface area contributed by atoms with Crippen LogP contribution in [0.2, 0.25) is 0 Å². The van der Waals surface area contributed by atoms with E-state index in [0.717, 1.165) is 22.2 Å². The standard InChI is InChI=1S/C20H14N4O3/c1-13-11-17(16-7-2-3-8-18(16)21-13)20-22-19(27-23-20)10-9-14-5-4-6-15(12-14)24(25)26/h2-12H,1H3. The lowest BCUT2D eigenvalue weighted by molar-refractivity contribution is -0.384. The van der Waals surface area contributed by atoms with Crippen LogP contribution < -0.4 is 0 Å². The smallest absolute Gasteiger partial charge is 0.270 e. The van der Waals surface area contributed by atoms with E-state index in [-0.39, 0.29) is 5.69 Å². The zero-order chi connectivity index (χ0) is 18.8. The molecule has 0 amide bonds. The fourth-order valence-electron chi connectivity index (χ4n) is 2.81. The van der Waals surface area contributed by atoms with Crippen molar-refractivity contribution in [2.45, 2.75) is 6.92 Å². The Hall–Kier alpha value is -3.87. The summed E-state index contributed by atoms with van der Waals surface area (Å²) in [5.41, 5.74) is 3.28. The number of para-hydroxylation sites is 1. The lowest BCUT2D eigenvalue weighted by atomic mass is 10.1. The molecule has 0 atom stereocenters. The van der Waals surface area contributed by atoms with Gasteiger partial charge in [-0.2, -0.15) is 4.98 Å². The highest BCUT2D eigenvalue weighted by Crippen LogP contribution is 2.26. The highest BCUT2D eigenvalue weighted by atomic mass is 16.6. The quantitative estimate of drug-likeness (QED) is 0.388. The van der Waals surface area contributed by atoms with Crippen LogP contribution in [0.25, 0.3) is 34.4 Å². The van der Waals surface area contributed by atoms with Gasteiger partial charge in [-0.1, -0.05) is 35.5 Å². The maximum Gasteiger partial charge on any atom is 0.270 e. The molecule has 2 heterocycles. The average molecular weight is 358 g/mol. The number of hydrogen-bond donors (Lipinski definition) is 0. The summed E-state index contributed by atoms with van der Waals surface area (Å²) in [6.07, 6.45) is 3.33. The number of aryl methyl sites for hydroxylation is 1. The van der Waals surface area contributed by atoms with Gasteiger partial charge in [0.25, 0.3) is 11.6 Å². The maximum atomic E-state index is 10.9. The second-order valence-corrected chi connectivity index (χ2v) is 5.97. The molecule has 4 aromatic rings. The van der Waals surface area contributed by atoms with Gasteiger partial charge in [0.05, 0.1) is 10.4 Å². The molecule has 0 aliphatic heterocycles. The van der Waals surface area contributed by atoms with E-state index < -0.39 is 4.92 Å². The van der Waals surface area contributed by atoms with E-state index >= 15 is 0 Å². The summed E-state index contributed by atoms with van der Waals surface area (Å²) in [7, 11) is 0. The molecule has 27 heavy (non-hydrogen) atoms. The molecule has 4 rings (SSSR count). The van der Waals surface area contributed by atoms with E-state index in [1.807, 2.05) is 37.3 Å². The van der Waals surface area contributed by atoms with Gasteiger partial charge < -0.3 is 4.52 Å². The summed E-state index contributed by atoms with van der Waals surface area (Å²) >= 11 is 0. The predicted molar refractivity (Wildman–Crippen MR) is 102 cm³/mol. The first kappa shape index (κ1) is 16.6. The van der Waals surface area contributed by atoms with Gasteiger partial charge in [-0.25, -0.2) is 0 Å². The van der Waals surface area contributed by atoms with Crippen molar-refractivity contribution in [3.05, 3.63) is 81.9 Å². The number of benzene rings is 2. The first-order chi connectivity index (χ1) is 13.1. The zero-order valence-corrected chi connectivity index (χ0v) is 14.4. The Morgan fingerprint density at radius 1 is 1.04 bits per heavy atom. The van der Waals surface area contributed by atoms with Crippen molar-refractivity contribution in [1.29, 1.82) is 0 Å². The number of non-ortho nitro benzene ring substituents is 1. The summed E-state index contributed by atoms with van der Waals surface area (Å²) in [5, 5.41) is 15.9. The summed E-state index contributed by atoms with van der Waals surface area (Å²) in [6.45, 7) is 1.92. The first-order valence-corrected chi connectivity index (χ1v) is 8.23. The van der Waals surface area contributed by atoms with Crippen LogP contribution in [0.3, 0.4) is 0 Å². The van der Waals surface area contributed by atoms with Gasteiger partial charge in [-0.05, 0) is 30.7 Å². The number of aromatic nitrogens is 3. The molecule has 2 aromatic carbocycles. The average Bonchev–Trinajstić information content (AvgIpc) is 3.15. The normalized spacial score (nSPS) is 11.3. The molecule has 0 saturated carbocycles. The third-order valence-electron chi connectivity index (χ3n) is 4.03. The molecular weight excluding hydrogens is 344 g/mol. The molecule has 0 fully saturated rings. The van der Waals surface area contributed by atoms with Crippen LogP contribution in [0, 0.1) is 17.0 Å². The van der Waals surface area contributed by atoms with E-state index in [2.05, 4.69) is 15.1 Å². The van der Waals surface area contributed by atoms with Crippen molar-refractivity contribution in [2.24, 2.45) is 0 Å². The SMILES string of the molecule is Cc1cc(-c2noc(C=Cc3cccc([N+](=O)[O-])c3)n2)c2ccccc2n1. The van der Waals surface area contributed by atoms with Crippen molar-refractivity contribution in [2.75, 3.05) is 0 Å². The summed E-state index contributed by atoms with van der Waals surface area (Å²) in [5.74, 6) is 0.783. The number of hydrogen-bond acceptors (Lipinski definition) is 6. The van der Waals surface area contributed by atoms with Gasteiger partial charge in [0.15, 0.2) is 0 Å². The highest BCUT2D eigenvalue weighted by molar-refractivity contribution is 5.92. The molecule has 132 valence electrons. The van der Waals surface area contributed by atoms with E-state index in [1.165, 1.54) is 12.1 Å². The second kappa shape index (κ2) is 6.80. The van der Waals surface area contributed by atoms with E-state index in [1.54, 1.807) is 24.3 Å². The molecule has 0 spiro atoms. The molecule has 0 radical (unpaired) electrons. The minimum Gasteiger partial charge on any atom is -0.334 e. The lowest BCUT2D eigenvalue weighted by Crippen LogP contribution is -1.89. The fourth-order valence-corrected chi connectivity index (χ4v) is 2.81. The minimum absolute atomic E-state index is 0.0297. The fraction of sp³-hybridized carbons (Fsp3) is 0.0500. The van der Waals surface area contributed by atoms with Gasteiger partial charge >= 0.3 is 0 Å². The van der Waals surface area contributed by atoms with Crippen molar-refractivity contribution < 1.29 is 9.45 Å². The predicted octanol–water partition coefficient (Wildman–Crippen LogP) is 4.67. The first-order valence-electron chi connectivity index (χ1n) is 8.23. The number of nitrogens with zero attached hydrogens (tertiary/aromatic N) is 4. The van der Waals surface area contributed by atoms with Crippen molar-refractivity contribution in [1.82, 2.24) is 15.1 Å². The monoisotopic (exact) mass is 358 g/mol. The van der Waals surface area contributed by atoms with Crippen LogP contribution in [0.4, 0.5) is 5.69 Å². The molecule has 0 aliphatic carbocycles. The van der Waals surface area contributed by atoms with Crippen LogP contribution >= 0.6 is 0 Å². The molecule has 0 saturated heterocycles. The number of rotatable bonds is 4. The topological polar surface area (TPSA) is 95.0 Å². The van der Waals surface area contributed by atoms with Crippen molar-refractivity contribution >= 4 is 28.7 Å². The molecule has 0 unspecified atom stereocenters. The maximum absolute atomic E-state index is 10.9. The van der Waals surface area contributed by atoms with E-state index in [4.69, 9.17) is 4.52 Å². The third kappa shape index (κ3) is 3.43. The molecule has 0 aliphatic rings. The molecule has 0 N–H and O–H groups in total. The molecule has 7 nitrogen and oxygen atoms in total. The van der Waals surface area contributed by atoms with Gasteiger partial charge in [0, 0.05) is 34.9 Å². The molecule has 0 bridgehead atoms. The molecule has 2 aromatic heterocycles. The lowest BCUT2D eigenvalue weighted by Gasteiger charge is -2.03. The Labute approximate surface area is 154 Å². The van der Waals surface area contributed by atoms with Gasteiger partial charge in [0.2, 0.25) is 5.82 Å². The number of fused-ring (bicyclic) bond motifs is 1. The van der Waals surface area contributed by atoms with Crippen LogP contribution in [0.1, 0.15) is 17.1 Å². The number of nitro benzene ring substituents is 1.